The van der Waals surface area contributed by atoms with Crippen LogP contribution in [-0.2, 0) is 17.1 Å². The highest BCUT2D eigenvalue weighted by atomic mass is 35.5. The maximum atomic E-state index is 12.7. The van der Waals surface area contributed by atoms with E-state index in [9.17, 15) is 18.3 Å². The zero-order chi connectivity index (χ0) is 20.0. The topological polar surface area (TPSA) is 123 Å². The molecule has 1 aliphatic rings. The van der Waals surface area contributed by atoms with E-state index in [0.717, 1.165) is 0 Å². The van der Waals surface area contributed by atoms with Crippen molar-refractivity contribution in [1.82, 2.24) is 14.3 Å². The minimum atomic E-state index is -3.99. The van der Waals surface area contributed by atoms with E-state index in [1.54, 1.807) is 6.07 Å². The average Bonchev–Trinajstić information content (AvgIpc) is 2.81. The number of rotatable bonds is 3. The summed E-state index contributed by atoms with van der Waals surface area (Å²) in [4.78, 5) is 16.4. The number of carbonyl (C=O) groups is 1. The minimum absolute atomic E-state index is 0.0275. The zero-order valence-electron chi connectivity index (χ0n) is 14.9. The zero-order valence-corrected chi connectivity index (χ0v) is 16.4. The van der Waals surface area contributed by atoms with Crippen LogP contribution in [0.1, 0.15) is 24.3 Å². The number of ether oxygens (including phenoxy) is 1. The molecule has 0 saturated heterocycles. The minimum Gasteiger partial charge on any atom is -0.488 e. The van der Waals surface area contributed by atoms with Gasteiger partial charge < -0.3 is 19.7 Å². The molecule has 11 heteroatoms. The van der Waals surface area contributed by atoms with Crippen LogP contribution in [0.15, 0.2) is 29.4 Å². The van der Waals surface area contributed by atoms with E-state index in [2.05, 4.69) is 15.0 Å². The molecule has 9 nitrogen and oxygen atoms in total. The van der Waals surface area contributed by atoms with Crippen LogP contribution in [0, 0.1) is 0 Å². The summed E-state index contributed by atoms with van der Waals surface area (Å²) in [6, 6.07) is 2.13. The third-order valence-corrected chi connectivity index (χ3v) is 5.81. The van der Waals surface area contributed by atoms with Crippen molar-refractivity contribution < 1.29 is 23.1 Å². The van der Waals surface area contributed by atoms with Crippen LogP contribution in [-0.4, -0.2) is 47.2 Å². The first-order chi connectivity index (χ1) is 12.5. The molecule has 1 atom stereocenters. The van der Waals surface area contributed by atoms with Gasteiger partial charge in [-0.1, -0.05) is 11.6 Å². The largest absolute Gasteiger partial charge is 0.488 e. The first kappa shape index (κ1) is 19.6. The van der Waals surface area contributed by atoms with Crippen LogP contribution in [0.3, 0.4) is 0 Å². The quantitative estimate of drug-likeness (QED) is 0.647. The summed E-state index contributed by atoms with van der Waals surface area (Å²) in [5.41, 5.74) is -0.923. The molecule has 3 heterocycles. The number of anilines is 1. The monoisotopic (exact) mass is 414 g/mol. The van der Waals surface area contributed by atoms with Crippen molar-refractivity contribution in [2.45, 2.75) is 30.4 Å². The van der Waals surface area contributed by atoms with E-state index in [1.165, 1.54) is 43.9 Å². The molecule has 3 rings (SSSR count). The lowest BCUT2D eigenvalue weighted by molar-refractivity contribution is 0.0288. The van der Waals surface area contributed by atoms with E-state index in [4.69, 9.17) is 16.3 Å². The fourth-order valence-electron chi connectivity index (χ4n) is 2.64. The van der Waals surface area contributed by atoms with Gasteiger partial charge in [-0.2, -0.15) is 0 Å². The number of fused-ring (bicyclic) bond motifs is 1. The molecule has 2 aromatic rings. The number of nitrogens with one attached hydrogen (secondary N) is 2. The molecule has 0 saturated carbocycles. The summed E-state index contributed by atoms with van der Waals surface area (Å²) < 4.78 is 34.8. The lowest BCUT2D eigenvalue weighted by Crippen LogP contribution is -2.51. The molecule has 3 N–H and O–H groups in total. The first-order valence-electron chi connectivity index (χ1n) is 7.99. The maximum Gasteiger partial charge on any atom is 0.276 e. The Morgan fingerprint density at radius 1 is 1.52 bits per heavy atom. The van der Waals surface area contributed by atoms with Gasteiger partial charge in [-0.05, 0) is 26.0 Å². The summed E-state index contributed by atoms with van der Waals surface area (Å²) in [6.07, 6.45) is 2.72. The maximum absolute atomic E-state index is 12.7. The van der Waals surface area contributed by atoms with Crippen molar-refractivity contribution in [3.63, 3.8) is 0 Å². The Kier molecular flexibility index (Phi) is 4.93. The van der Waals surface area contributed by atoms with Gasteiger partial charge in [-0.25, -0.2) is 18.1 Å². The van der Waals surface area contributed by atoms with Crippen molar-refractivity contribution >= 4 is 33.2 Å². The molecule has 0 aromatic carbocycles. The highest BCUT2D eigenvalue weighted by Gasteiger charge is 2.39. The van der Waals surface area contributed by atoms with E-state index in [1.807, 2.05) is 0 Å². The highest BCUT2D eigenvalue weighted by Crippen LogP contribution is 2.34. The second-order valence-corrected chi connectivity index (χ2v) is 8.81. The smallest absolute Gasteiger partial charge is 0.276 e. The van der Waals surface area contributed by atoms with Crippen molar-refractivity contribution in [2.75, 3.05) is 11.9 Å². The molecule has 2 aromatic heterocycles. The molecular formula is C16H19ClN4O5S. The van der Waals surface area contributed by atoms with E-state index in [0.29, 0.717) is 5.69 Å². The van der Waals surface area contributed by atoms with Crippen molar-refractivity contribution in [2.24, 2.45) is 7.05 Å². The number of aliphatic hydroxyl groups is 1. The molecule has 1 amide bonds. The second-order valence-electron chi connectivity index (χ2n) is 6.74. The lowest BCUT2D eigenvalue weighted by Gasteiger charge is -2.27. The fraction of sp³-hybridized carbons (Fsp3) is 0.375. The summed E-state index contributed by atoms with van der Waals surface area (Å²) in [5, 5.41) is 13.0. The molecule has 27 heavy (non-hydrogen) atoms. The van der Waals surface area contributed by atoms with E-state index in [-0.39, 0.29) is 28.1 Å². The van der Waals surface area contributed by atoms with Gasteiger partial charge in [0.1, 0.15) is 16.7 Å². The number of hydrogen-bond donors (Lipinski definition) is 3. The third kappa shape index (κ3) is 3.93. The average molecular weight is 415 g/mol. The van der Waals surface area contributed by atoms with Crippen molar-refractivity contribution in [3.8, 4) is 5.75 Å². The van der Waals surface area contributed by atoms with E-state index >= 15 is 0 Å². The second kappa shape index (κ2) is 6.79. The Bertz CT molecular complexity index is 997. The number of nitrogens with zero attached hydrogens (tertiary/aromatic N) is 2. The van der Waals surface area contributed by atoms with Crippen molar-refractivity contribution in [3.05, 3.63) is 35.4 Å². The van der Waals surface area contributed by atoms with Crippen LogP contribution in [0.2, 0.25) is 5.15 Å². The van der Waals surface area contributed by atoms with E-state index < -0.39 is 27.6 Å². The van der Waals surface area contributed by atoms with Gasteiger partial charge in [0.25, 0.3) is 5.91 Å². The standard InChI is InChI=1S/C16H19ClN4O5S/c1-16(2,23)11-8-26-14-10(27(24,25)20-11)7-21(3)13(14)15(22)19-9-4-5-18-12(17)6-9/h4-7,11,20,23H,8H2,1-3H3,(H,18,19,22). The number of amides is 1. The predicted octanol–water partition coefficient (Wildman–Crippen LogP) is 1.14. The molecule has 0 radical (unpaired) electrons. The number of aromatic nitrogens is 2. The molecule has 1 aliphatic heterocycles. The molecule has 1 unspecified atom stereocenters. The Morgan fingerprint density at radius 3 is 2.85 bits per heavy atom. The molecule has 0 spiro atoms. The van der Waals surface area contributed by atoms with Crippen LogP contribution >= 0.6 is 11.6 Å². The number of pyridine rings is 1. The molecule has 146 valence electrons. The number of hydrogen-bond acceptors (Lipinski definition) is 6. The van der Waals surface area contributed by atoms with Crippen LogP contribution < -0.4 is 14.8 Å². The Labute approximate surface area is 161 Å². The Balaban J connectivity index is 1.99. The van der Waals surface area contributed by atoms with Gasteiger partial charge in [0, 0.05) is 25.1 Å². The summed E-state index contributed by atoms with van der Waals surface area (Å²) in [6.45, 7) is 2.81. The molecule has 0 bridgehead atoms. The number of halogens is 1. The van der Waals surface area contributed by atoms with Gasteiger partial charge in [0.05, 0.1) is 11.6 Å². The Hall–Kier alpha value is -2.14. The van der Waals surface area contributed by atoms with Crippen LogP contribution in [0.25, 0.3) is 0 Å². The molecule has 0 fully saturated rings. The SMILES string of the molecule is Cn1cc2c(c1C(=O)Nc1ccnc(Cl)c1)OCC(C(C)(C)O)NS2(=O)=O. The van der Waals surface area contributed by atoms with Gasteiger partial charge in [-0.15, -0.1) is 0 Å². The normalized spacial score (nSPS) is 18.9. The molecular weight excluding hydrogens is 396 g/mol. The van der Waals surface area contributed by atoms with Crippen LogP contribution in [0.4, 0.5) is 5.69 Å². The van der Waals surface area contributed by atoms with Gasteiger partial charge in [0.15, 0.2) is 11.4 Å². The lowest BCUT2D eigenvalue weighted by atomic mass is 10.0. The highest BCUT2D eigenvalue weighted by molar-refractivity contribution is 7.89. The summed E-state index contributed by atoms with van der Waals surface area (Å²) in [5.74, 6) is -0.646. The number of carbonyl (C=O) groups excluding carboxylic acids is 1. The third-order valence-electron chi connectivity index (χ3n) is 4.14. The van der Waals surface area contributed by atoms with Crippen molar-refractivity contribution in [1.29, 1.82) is 0 Å². The van der Waals surface area contributed by atoms with Gasteiger partial charge in [0.2, 0.25) is 10.0 Å². The van der Waals surface area contributed by atoms with Crippen LogP contribution in [0.5, 0.6) is 5.75 Å². The summed E-state index contributed by atoms with van der Waals surface area (Å²) in [7, 11) is -2.46. The first-order valence-corrected chi connectivity index (χ1v) is 9.85. The molecule has 0 aliphatic carbocycles. The summed E-state index contributed by atoms with van der Waals surface area (Å²) >= 11 is 5.81. The van der Waals surface area contributed by atoms with Gasteiger partial charge >= 0.3 is 0 Å². The fourth-order valence-corrected chi connectivity index (χ4v) is 4.37. The predicted molar refractivity (Wildman–Crippen MR) is 98.5 cm³/mol. The number of sulfonamides is 1. The Morgan fingerprint density at radius 2 is 2.22 bits per heavy atom. The van der Waals surface area contributed by atoms with Gasteiger partial charge in [-0.3, -0.25) is 4.79 Å². The number of aryl methyl sites for hydroxylation is 1.